The van der Waals surface area contributed by atoms with Crippen LogP contribution >= 0.6 is 0 Å². The van der Waals surface area contributed by atoms with Crippen LogP contribution in [0.5, 0.6) is 0 Å². The Kier molecular flexibility index (Phi) is 9.37. The van der Waals surface area contributed by atoms with E-state index in [1.165, 1.54) is 6.20 Å². The maximum atomic E-state index is 12.6. The lowest BCUT2D eigenvalue weighted by Crippen LogP contribution is -2.42. The van der Waals surface area contributed by atoms with Crippen LogP contribution in [0.4, 0.5) is 5.95 Å². The van der Waals surface area contributed by atoms with Gasteiger partial charge >= 0.3 is 11.9 Å². The molecule has 0 aliphatic heterocycles. The zero-order valence-electron chi connectivity index (χ0n) is 20.6. The molecule has 3 rings (SSSR count). The van der Waals surface area contributed by atoms with Crippen molar-refractivity contribution in [3.8, 4) is 11.8 Å². The molecule has 0 unspecified atom stereocenters. The summed E-state index contributed by atoms with van der Waals surface area (Å²) in [7, 11) is 0. The Morgan fingerprint density at radius 3 is 2.65 bits per heavy atom. The van der Waals surface area contributed by atoms with E-state index in [2.05, 4.69) is 37.1 Å². The molecular weight excluding hydrogens is 480 g/mol. The first-order valence-corrected chi connectivity index (χ1v) is 11.8. The Bertz CT molecular complexity index is 1380. The average molecular weight is 509 g/mol. The minimum Gasteiger partial charge on any atom is -0.466 e. The molecular formula is C25H28N6O6. The topological polar surface area (TPSA) is 182 Å². The van der Waals surface area contributed by atoms with E-state index >= 15 is 0 Å². The number of fused-ring (bicyclic) bond motifs is 1. The SMILES string of the molecule is CCOC(=O)CC[C@H](NC(=O)c1ccc(C#CCCc2cc3c(=O)[nH]c(N)nc3[nH]2)nc1)C(=O)OCC. The van der Waals surface area contributed by atoms with E-state index < -0.39 is 23.9 Å². The van der Waals surface area contributed by atoms with Crippen molar-refractivity contribution >= 4 is 34.8 Å². The molecule has 0 radical (unpaired) electrons. The fourth-order valence-corrected chi connectivity index (χ4v) is 3.41. The van der Waals surface area contributed by atoms with Crippen LogP contribution in [0.1, 0.15) is 54.9 Å². The molecule has 12 nitrogen and oxygen atoms in total. The van der Waals surface area contributed by atoms with E-state index in [1.54, 1.807) is 32.0 Å². The van der Waals surface area contributed by atoms with E-state index in [4.69, 9.17) is 15.2 Å². The standard InChI is InChI=1S/C25H28N6O6/c1-3-36-20(32)12-11-19(24(35)37-4-2)29-22(33)15-9-10-16(27-14-15)7-5-6-8-17-13-18-21(28-17)30-25(26)31-23(18)34/h9-10,13-14,19H,3-4,6,8,11-12H2,1-2H3,(H,29,33)(H4,26,28,30,31,34)/t19-/m0/s1. The number of amides is 1. The number of aryl methyl sites for hydroxylation is 1. The van der Waals surface area contributed by atoms with Gasteiger partial charge < -0.3 is 25.5 Å². The number of nitrogens with zero attached hydrogens (tertiary/aromatic N) is 2. The molecule has 5 N–H and O–H groups in total. The van der Waals surface area contributed by atoms with E-state index in [9.17, 15) is 19.2 Å². The van der Waals surface area contributed by atoms with E-state index in [1.807, 2.05) is 0 Å². The van der Waals surface area contributed by atoms with Crippen LogP contribution in [0, 0.1) is 11.8 Å². The molecule has 1 amide bonds. The Morgan fingerprint density at radius 2 is 1.95 bits per heavy atom. The van der Waals surface area contributed by atoms with Gasteiger partial charge in [0.25, 0.3) is 11.5 Å². The Hall–Kier alpha value is -4.66. The first kappa shape index (κ1) is 26.9. The van der Waals surface area contributed by atoms with Crippen LogP contribution in [0.2, 0.25) is 0 Å². The summed E-state index contributed by atoms with van der Waals surface area (Å²) in [6.45, 7) is 3.71. The van der Waals surface area contributed by atoms with E-state index in [0.717, 1.165) is 5.69 Å². The summed E-state index contributed by atoms with van der Waals surface area (Å²) in [6.07, 6.45) is 2.42. The molecule has 0 fully saturated rings. The lowest BCUT2D eigenvalue weighted by Gasteiger charge is -2.17. The van der Waals surface area contributed by atoms with Crippen molar-refractivity contribution in [2.75, 3.05) is 18.9 Å². The van der Waals surface area contributed by atoms with Gasteiger partial charge in [-0.1, -0.05) is 5.92 Å². The third kappa shape index (κ3) is 7.66. The minimum atomic E-state index is -0.997. The van der Waals surface area contributed by atoms with Crippen LogP contribution < -0.4 is 16.6 Å². The predicted molar refractivity (Wildman–Crippen MR) is 134 cm³/mol. The summed E-state index contributed by atoms with van der Waals surface area (Å²) in [4.78, 5) is 62.1. The van der Waals surface area contributed by atoms with Crippen LogP contribution in [0.25, 0.3) is 11.0 Å². The number of anilines is 1. The molecule has 3 heterocycles. The average Bonchev–Trinajstić information content (AvgIpc) is 3.28. The van der Waals surface area contributed by atoms with Gasteiger partial charge in [-0.15, -0.1) is 0 Å². The van der Waals surface area contributed by atoms with Crippen molar-refractivity contribution in [2.24, 2.45) is 0 Å². The van der Waals surface area contributed by atoms with Gasteiger partial charge in [0, 0.05) is 24.7 Å². The highest BCUT2D eigenvalue weighted by Gasteiger charge is 2.24. The predicted octanol–water partition coefficient (Wildman–Crippen LogP) is 1.22. The number of pyridine rings is 1. The second-order valence-electron chi connectivity index (χ2n) is 7.86. The fraction of sp³-hybridized carbons (Fsp3) is 0.360. The molecule has 0 spiro atoms. The van der Waals surface area contributed by atoms with Gasteiger partial charge in [-0.3, -0.25) is 19.4 Å². The minimum absolute atomic E-state index is 0.0377. The number of hydrogen-bond acceptors (Lipinski definition) is 9. The number of nitrogens with one attached hydrogen (secondary N) is 3. The lowest BCUT2D eigenvalue weighted by molar-refractivity contribution is -0.146. The van der Waals surface area contributed by atoms with Crippen LogP contribution in [-0.4, -0.2) is 57.0 Å². The van der Waals surface area contributed by atoms with Crippen molar-refractivity contribution in [3.63, 3.8) is 0 Å². The molecule has 37 heavy (non-hydrogen) atoms. The monoisotopic (exact) mass is 508 g/mol. The third-order valence-corrected chi connectivity index (χ3v) is 5.15. The van der Waals surface area contributed by atoms with Crippen molar-refractivity contribution < 1.29 is 23.9 Å². The van der Waals surface area contributed by atoms with Gasteiger partial charge in [0.05, 0.1) is 24.2 Å². The number of rotatable bonds is 10. The number of esters is 2. The molecule has 12 heteroatoms. The number of aromatic amines is 2. The summed E-state index contributed by atoms with van der Waals surface area (Å²) < 4.78 is 9.87. The van der Waals surface area contributed by atoms with Gasteiger partial charge in [-0.25, -0.2) is 9.78 Å². The van der Waals surface area contributed by atoms with Crippen molar-refractivity contribution in [1.29, 1.82) is 0 Å². The Morgan fingerprint density at radius 1 is 1.16 bits per heavy atom. The zero-order chi connectivity index (χ0) is 26.8. The van der Waals surface area contributed by atoms with E-state index in [0.29, 0.717) is 29.6 Å². The first-order chi connectivity index (χ1) is 17.8. The highest BCUT2D eigenvalue weighted by Crippen LogP contribution is 2.11. The Balaban J connectivity index is 1.57. The maximum Gasteiger partial charge on any atom is 0.328 e. The second kappa shape index (κ2) is 12.9. The molecule has 3 aromatic heterocycles. The van der Waals surface area contributed by atoms with Crippen molar-refractivity contribution in [3.05, 3.63) is 51.7 Å². The van der Waals surface area contributed by atoms with Gasteiger partial charge in [-0.2, -0.15) is 4.98 Å². The fourth-order valence-electron chi connectivity index (χ4n) is 3.41. The second-order valence-corrected chi connectivity index (χ2v) is 7.86. The third-order valence-electron chi connectivity index (χ3n) is 5.15. The summed E-state index contributed by atoms with van der Waals surface area (Å²) in [5.41, 5.74) is 7.16. The zero-order valence-corrected chi connectivity index (χ0v) is 20.6. The lowest BCUT2D eigenvalue weighted by atomic mass is 10.1. The molecule has 0 saturated heterocycles. The molecule has 1 atom stereocenters. The number of carbonyl (C=O) groups excluding carboxylic acids is 3. The van der Waals surface area contributed by atoms with E-state index in [-0.39, 0.29) is 43.1 Å². The van der Waals surface area contributed by atoms with Crippen LogP contribution in [0.3, 0.4) is 0 Å². The number of ether oxygens (including phenoxy) is 2. The van der Waals surface area contributed by atoms with Crippen molar-refractivity contribution in [2.45, 2.75) is 45.6 Å². The number of H-pyrrole nitrogens is 2. The molecule has 0 aliphatic rings. The smallest absolute Gasteiger partial charge is 0.328 e. The van der Waals surface area contributed by atoms with Gasteiger partial charge in [0.15, 0.2) is 0 Å². The van der Waals surface area contributed by atoms with Gasteiger partial charge in [-0.05, 0) is 50.8 Å². The number of nitrogen functional groups attached to an aromatic ring is 1. The highest BCUT2D eigenvalue weighted by atomic mass is 16.5. The number of nitrogens with two attached hydrogens (primary N) is 1. The Labute approximate surface area is 212 Å². The summed E-state index contributed by atoms with van der Waals surface area (Å²) >= 11 is 0. The number of hydrogen-bond donors (Lipinski definition) is 4. The number of carbonyl (C=O) groups is 3. The molecule has 0 aromatic carbocycles. The molecule has 0 saturated carbocycles. The first-order valence-electron chi connectivity index (χ1n) is 11.8. The summed E-state index contributed by atoms with van der Waals surface area (Å²) in [6, 6.07) is 3.85. The normalized spacial score (nSPS) is 11.3. The molecule has 0 aliphatic carbocycles. The largest absolute Gasteiger partial charge is 0.466 e. The quantitative estimate of drug-likeness (QED) is 0.231. The molecule has 194 valence electrons. The van der Waals surface area contributed by atoms with Gasteiger partial charge in [0.1, 0.15) is 17.4 Å². The molecule has 0 bridgehead atoms. The molecule has 3 aromatic rings. The summed E-state index contributed by atoms with van der Waals surface area (Å²) in [5, 5.41) is 3.01. The maximum absolute atomic E-state index is 12.6. The summed E-state index contributed by atoms with van der Waals surface area (Å²) in [5.74, 6) is 4.34. The van der Waals surface area contributed by atoms with Crippen molar-refractivity contribution in [1.82, 2.24) is 25.3 Å². The van der Waals surface area contributed by atoms with Gasteiger partial charge in [0.2, 0.25) is 5.95 Å². The number of aromatic nitrogens is 4. The van der Waals surface area contributed by atoms with Crippen LogP contribution in [0.15, 0.2) is 29.2 Å². The highest BCUT2D eigenvalue weighted by molar-refractivity contribution is 5.96. The van der Waals surface area contributed by atoms with Crippen LogP contribution in [-0.2, 0) is 25.5 Å².